The van der Waals surface area contributed by atoms with Crippen LogP contribution in [0.2, 0.25) is 0 Å². The molecule has 0 saturated heterocycles. The van der Waals surface area contributed by atoms with Crippen LogP contribution in [-0.2, 0) is 11.2 Å². The molecule has 0 aliphatic carbocycles. The van der Waals surface area contributed by atoms with Gasteiger partial charge in [0.05, 0.1) is 23.2 Å². The lowest BCUT2D eigenvalue weighted by Gasteiger charge is -2.10. The van der Waals surface area contributed by atoms with Crippen molar-refractivity contribution >= 4 is 17.4 Å². The highest BCUT2D eigenvalue weighted by Crippen LogP contribution is 2.23. The van der Waals surface area contributed by atoms with Gasteiger partial charge in [0.2, 0.25) is 0 Å². The van der Waals surface area contributed by atoms with Gasteiger partial charge in [-0.15, -0.1) is 0 Å². The van der Waals surface area contributed by atoms with Crippen LogP contribution in [0.1, 0.15) is 43.1 Å². The number of esters is 1. The predicted octanol–water partition coefficient (Wildman–Crippen LogP) is 3.84. The van der Waals surface area contributed by atoms with Crippen LogP contribution in [0.25, 0.3) is 0 Å². The van der Waals surface area contributed by atoms with E-state index in [0.29, 0.717) is 17.7 Å². The van der Waals surface area contributed by atoms with Crippen molar-refractivity contribution in [1.82, 2.24) is 4.98 Å². The first kappa shape index (κ1) is 19.0. The summed E-state index contributed by atoms with van der Waals surface area (Å²) < 4.78 is 4.77. The van der Waals surface area contributed by atoms with Crippen molar-refractivity contribution in [3.05, 3.63) is 98.4 Å². The quantitative estimate of drug-likeness (QED) is 0.304. The average molecular weight is 378 g/mol. The van der Waals surface area contributed by atoms with Gasteiger partial charge < -0.3 is 9.72 Å². The molecule has 0 saturated carbocycles. The Kier molecular flexibility index (Phi) is 5.35. The maximum absolute atomic E-state index is 13.2. The van der Waals surface area contributed by atoms with Crippen molar-refractivity contribution in [3.8, 4) is 0 Å². The van der Waals surface area contributed by atoms with E-state index < -0.39 is 10.9 Å². The zero-order valence-electron chi connectivity index (χ0n) is 15.4. The van der Waals surface area contributed by atoms with Crippen molar-refractivity contribution in [3.63, 3.8) is 0 Å². The van der Waals surface area contributed by atoms with Crippen LogP contribution in [0.3, 0.4) is 0 Å². The maximum Gasteiger partial charge on any atom is 0.340 e. The van der Waals surface area contributed by atoms with Crippen LogP contribution in [-0.4, -0.2) is 28.8 Å². The Morgan fingerprint density at radius 1 is 1.07 bits per heavy atom. The van der Waals surface area contributed by atoms with Gasteiger partial charge in [0.15, 0.2) is 5.78 Å². The Morgan fingerprint density at radius 3 is 2.39 bits per heavy atom. The number of methoxy groups -OCH3 is 1. The molecule has 0 radical (unpaired) electrons. The van der Waals surface area contributed by atoms with Gasteiger partial charge in [-0.3, -0.25) is 14.9 Å². The zero-order valence-corrected chi connectivity index (χ0v) is 15.4. The molecule has 0 spiro atoms. The molecule has 2 aromatic carbocycles. The van der Waals surface area contributed by atoms with E-state index in [1.165, 1.54) is 25.4 Å². The first-order valence-electron chi connectivity index (χ1n) is 8.54. The van der Waals surface area contributed by atoms with Crippen molar-refractivity contribution in [2.24, 2.45) is 0 Å². The summed E-state index contributed by atoms with van der Waals surface area (Å²) in [6.45, 7) is 1.72. The summed E-state index contributed by atoms with van der Waals surface area (Å²) >= 11 is 0. The van der Waals surface area contributed by atoms with Crippen LogP contribution >= 0.6 is 0 Å². The standard InChI is InChI=1S/C21H18N2O5/c1-13-19(18(12-22-13)21(25)28-2)20(24)17-6-4-3-5-15(17)11-14-7-9-16(10-8-14)23(26)27/h3-10,12,22H,11H2,1-2H3. The normalized spacial score (nSPS) is 10.5. The largest absolute Gasteiger partial charge is 0.465 e. The van der Waals surface area contributed by atoms with E-state index in [1.54, 1.807) is 31.2 Å². The molecule has 1 heterocycles. The molecule has 0 unspecified atom stereocenters. The molecule has 1 aromatic heterocycles. The van der Waals surface area contributed by atoms with E-state index in [4.69, 9.17) is 4.74 Å². The Morgan fingerprint density at radius 2 is 1.75 bits per heavy atom. The molecule has 142 valence electrons. The molecule has 0 aliphatic heterocycles. The third-order valence-electron chi connectivity index (χ3n) is 4.51. The number of nitro groups is 1. The second kappa shape index (κ2) is 7.87. The lowest BCUT2D eigenvalue weighted by atomic mass is 9.93. The lowest BCUT2D eigenvalue weighted by molar-refractivity contribution is -0.384. The summed E-state index contributed by atoms with van der Waals surface area (Å²) in [5, 5.41) is 10.8. The van der Waals surface area contributed by atoms with E-state index in [2.05, 4.69) is 4.98 Å². The van der Waals surface area contributed by atoms with Crippen molar-refractivity contribution in [1.29, 1.82) is 0 Å². The molecule has 0 fully saturated rings. The van der Waals surface area contributed by atoms with E-state index in [1.807, 2.05) is 12.1 Å². The van der Waals surface area contributed by atoms with Crippen LogP contribution in [0.15, 0.2) is 54.7 Å². The van der Waals surface area contributed by atoms with Crippen molar-refractivity contribution < 1.29 is 19.2 Å². The number of aromatic amines is 1. The van der Waals surface area contributed by atoms with E-state index in [-0.39, 0.29) is 22.6 Å². The van der Waals surface area contributed by atoms with Crippen LogP contribution < -0.4 is 0 Å². The number of nitrogens with one attached hydrogen (secondary N) is 1. The molecule has 3 aromatic rings. The minimum atomic E-state index is -0.583. The number of carbonyl (C=O) groups excluding carboxylic acids is 2. The minimum absolute atomic E-state index is 0.0128. The Labute approximate surface area is 161 Å². The molecule has 3 rings (SSSR count). The van der Waals surface area contributed by atoms with Crippen LogP contribution in [0.5, 0.6) is 0 Å². The van der Waals surface area contributed by atoms with Gasteiger partial charge in [-0.25, -0.2) is 4.79 Å². The minimum Gasteiger partial charge on any atom is -0.465 e. The van der Waals surface area contributed by atoms with Gasteiger partial charge >= 0.3 is 5.97 Å². The number of hydrogen-bond acceptors (Lipinski definition) is 5. The number of aryl methyl sites for hydroxylation is 1. The molecule has 0 atom stereocenters. The smallest absolute Gasteiger partial charge is 0.340 e. The van der Waals surface area contributed by atoms with E-state index >= 15 is 0 Å². The number of nitro benzene ring substituents is 1. The van der Waals surface area contributed by atoms with Gasteiger partial charge in [-0.05, 0) is 24.5 Å². The highest BCUT2D eigenvalue weighted by Gasteiger charge is 2.24. The number of aromatic nitrogens is 1. The third-order valence-corrected chi connectivity index (χ3v) is 4.51. The fourth-order valence-electron chi connectivity index (χ4n) is 3.08. The van der Waals surface area contributed by atoms with Gasteiger partial charge in [-0.1, -0.05) is 36.4 Å². The van der Waals surface area contributed by atoms with Crippen LogP contribution in [0, 0.1) is 17.0 Å². The molecule has 28 heavy (non-hydrogen) atoms. The summed E-state index contributed by atoms with van der Waals surface area (Å²) in [5.74, 6) is -0.864. The van der Waals surface area contributed by atoms with Gasteiger partial charge in [0.1, 0.15) is 0 Å². The van der Waals surface area contributed by atoms with Crippen molar-refractivity contribution in [2.75, 3.05) is 7.11 Å². The lowest BCUT2D eigenvalue weighted by Crippen LogP contribution is -2.12. The average Bonchev–Trinajstić information content (AvgIpc) is 3.09. The fraction of sp³-hybridized carbons (Fsp3) is 0.143. The zero-order chi connectivity index (χ0) is 20.3. The first-order chi connectivity index (χ1) is 13.4. The number of non-ortho nitro benzene ring substituents is 1. The Balaban J connectivity index is 1.97. The van der Waals surface area contributed by atoms with Gasteiger partial charge in [0, 0.05) is 29.6 Å². The van der Waals surface area contributed by atoms with Crippen molar-refractivity contribution in [2.45, 2.75) is 13.3 Å². The van der Waals surface area contributed by atoms with Crippen LogP contribution in [0.4, 0.5) is 5.69 Å². The maximum atomic E-state index is 13.2. The van der Waals surface area contributed by atoms with Gasteiger partial charge in [-0.2, -0.15) is 0 Å². The molecule has 0 amide bonds. The molecule has 0 bridgehead atoms. The number of benzene rings is 2. The predicted molar refractivity (Wildman–Crippen MR) is 103 cm³/mol. The first-order valence-corrected chi connectivity index (χ1v) is 8.54. The van der Waals surface area contributed by atoms with Gasteiger partial charge in [0.25, 0.3) is 5.69 Å². The number of carbonyl (C=O) groups is 2. The molecule has 7 heteroatoms. The van der Waals surface area contributed by atoms with E-state index in [9.17, 15) is 19.7 Å². The Hall–Kier alpha value is -3.74. The Bertz CT molecular complexity index is 1050. The molecular weight excluding hydrogens is 360 g/mol. The molecular formula is C21H18N2O5. The summed E-state index contributed by atoms with van der Waals surface area (Å²) in [6, 6.07) is 13.3. The third kappa shape index (κ3) is 3.68. The number of ketones is 1. The number of hydrogen-bond donors (Lipinski definition) is 1. The number of nitrogens with zero attached hydrogens (tertiary/aromatic N) is 1. The number of H-pyrrole nitrogens is 1. The SMILES string of the molecule is COC(=O)c1c[nH]c(C)c1C(=O)c1ccccc1Cc1ccc([N+](=O)[O-])cc1. The fourth-order valence-corrected chi connectivity index (χ4v) is 3.08. The summed E-state index contributed by atoms with van der Waals surface area (Å²) in [7, 11) is 1.27. The highest BCUT2D eigenvalue weighted by atomic mass is 16.6. The summed E-state index contributed by atoms with van der Waals surface area (Å²) in [5.41, 5.74) is 3.13. The second-order valence-corrected chi connectivity index (χ2v) is 6.28. The number of rotatable bonds is 6. The number of ether oxygens (including phenoxy) is 1. The van der Waals surface area contributed by atoms with E-state index in [0.717, 1.165) is 11.1 Å². The summed E-state index contributed by atoms with van der Waals surface area (Å²) in [4.78, 5) is 38.5. The topological polar surface area (TPSA) is 102 Å². The summed E-state index contributed by atoms with van der Waals surface area (Å²) in [6.07, 6.45) is 1.89. The monoisotopic (exact) mass is 378 g/mol. The second-order valence-electron chi connectivity index (χ2n) is 6.28. The molecule has 7 nitrogen and oxygen atoms in total. The molecule has 0 aliphatic rings. The highest BCUT2D eigenvalue weighted by molar-refractivity contribution is 6.16. The molecule has 1 N–H and O–H groups in total.